The Morgan fingerprint density at radius 1 is 0.429 bits per heavy atom. The Bertz CT molecular complexity index is 2970. The minimum Gasteiger partial charge on any atom is -0.286 e. The highest BCUT2D eigenvalue weighted by molar-refractivity contribution is 6.55. The number of nitrogens with zero attached hydrogens (tertiary/aromatic N) is 3. The highest BCUT2D eigenvalue weighted by atomic mass is 15.3. The largest absolute Gasteiger partial charge is 0.286 e. The van der Waals surface area contributed by atoms with Gasteiger partial charge in [0.1, 0.15) is 5.71 Å². The summed E-state index contributed by atoms with van der Waals surface area (Å²) < 4.78 is 0. The first kappa shape index (κ1) is 33.2. The van der Waals surface area contributed by atoms with Gasteiger partial charge in [-0.2, -0.15) is 5.10 Å². The van der Waals surface area contributed by atoms with Crippen LogP contribution < -0.4 is 5.43 Å². The fourth-order valence-corrected chi connectivity index (χ4v) is 8.30. The van der Waals surface area contributed by atoms with E-state index in [0.29, 0.717) is 0 Å². The van der Waals surface area contributed by atoms with E-state index in [4.69, 9.17) is 10.1 Å². The standard InChI is InChI=1S/C52H36N4/c1-53-52-47-19-9-4-14-41(47)48(33-49(52)56-55-39-27-25-34(26-28-39)35-29-31-54-32-30-35)37-21-23-38(24-22-37)50-43-15-5-7-17-45(43)51(46-18-8-6-16-44(46)50)42-20-10-12-36-11-2-3-13-40(36)42/h2-33,55H,1H3/b53-52?,56-49-. The first-order valence-electron chi connectivity index (χ1n) is 18.9. The van der Waals surface area contributed by atoms with Crippen molar-refractivity contribution in [3.05, 3.63) is 211 Å². The molecule has 0 radical (unpaired) electrons. The molecule has 1 aliphatic carbocycles. The van der Waals surface area contributed by atoms with Crippen molar-refractivity contribution in [3.63, 3.8) is 0 Å². The van der Waals surface area contributed by atoms with Crippen LogP contribution in [0.1, 0.15) is 16.7 Å². The number of fused-ring (bicyclic) bond motifs is 4. The third kappa shape index (κ3) is 5.76. The average molecular weight is 717 g/mol. The molecule has 9 aromatic rings. The van der Waals surface area contributed by atoms with Gasteiger partial charge in [-0.1, -0.05) is 152 Å². The summed E-state index contributed by atoms with van der Waals surface area (Å²) >= 11 is 0. The summed E-state index contributed by atoms with van der Waals surface area (Å²) in [6.45, 7) is 0. The van der Waals surface area contributed by atoms with Crippen LogP contribution in [0.3, 0.4) is 0 Å². The molecule has 0 aliphatic heterocycles. The molecular formula is C52H36N4. The maximum Gasteiger partial charge on any atom is 0.110 e. The van der Waals surface area contributed by atoms with Crippen molar-refractivity contribution in [1.29, 1.82) is 0 Å². The number of pyridine rings is 1. The number of rotatable bonds is 6. The van der Waals surface area contributed by atoms with Crippen molar-refractivity contribution in [2.24, 2.45) is 10.1 Å². The van der Waals surface area contributed by atoms with Crippen LogP contribution in [0, 0.1) is 0 Å². The topological polar surface area (TPSA) is 49.6 Å². The van der Waals surface area contributed by atoms with Crippen molar-refractivity contribution >= 4 is 55.0 Å². The van der Waals surface area contributed by atoms with Gasteiger partial charge in [0.05, 0.1) is 11.4 Å². The first-order chi connectivity index (χ1) is 27.7. The summed E-state index contributed by atoms with van der Waals surface area (Å²) in [5.74, 6) is 0. The zero-order valence-electron chi connectivity index (χ0n) is 30.8. The molecule has 0 unspecified atom stereocenters. The number of hydrazone groups is 1. The molecule has 0 fully saturated rings. The summed E-state index contributed by atoms with van der Waals surface area (Å²) in [5, 5.41) is 12.4. The summed E-state index contributed by atoms with van der Waals surface area (Å²) in [6, 6.07) is 62.9. The number of hydrogen-bond acceptors (Lipinski definition) is 4. The van der Waals surface area contributed by atoms with Crippen LogP contribution >= 0.6 is 0 Å². The maximum atomic E-state index is 4.92. The SMILES string of the molecule is CN=C1/C(=N\Nc2ccc(-c3ccncc3)cc2)C=C(c2ccc(-c3c4ccccc4c(-c4cccc5ccccc45)c4ccccc34)cc2)c2ccccc21. The molecule has 1 N–H and O–H groups in total. The van der Waals surface area contributed by atoms with Crippen molar-refractivity contribution in [3.8, 4) is 33.4 Å². The fraction of sp³-hybridized carbons (Fsp3) is 0.0192. The second kappa shape index (κ2) is 14.1. The predicted octanol–water partition coefficient (Wildman–Crippen LogP) is 12.9. The van der Waals surface area contributed by atoms with E-state index in [9.17, 15) is 0 Å². The van der Waals surface area contributed by atoms with Crippen molar-refractivity contribution in [2.45, 2.75) is 0 Å². The van der Waals surface area contributed by atoms with Crippen LogP contribution in [0.2, 0.25) is 0 Å². The van der Waals surface area contributed by atoms with Gasteiger partial charge in [0.2, 0.25) is 0 Å². The van der Waals surface area contributed by atoms with E-state index < -0.39 is 0 Å². The zero-order valence-corrected chi connectivity index (χ0v) is 30.8. The van der Waals surface area contributed by atoms with Crippen LogP contribution in [0.15, 0.2) is 204 Å². The van der Waals surface area contributed by atoms with Gasteiger partial charge in [-0.25, -0.2) is 0 Å². The molecule has 0 atom stereocenters. The molecule has 0 amide bonds. The Balaban J connectivity index is 1.06. The number of nitrogens with one attached hydrogen (secondary N) is 1. The van der Waals surface area contributed by atoms with E-state index in [1.165, 1.54) is 54.6 Å². The number of aromatic nitrogens is 1. The van der Waals surface area contributed by atoms with Crippen LogP contribution in [-0.2, 0) is 0 Å². The summed E-state index contributed by atoms with van der Waals surface area (Å²) in [6.07, 6.45) is 5.78. The van der Waals surface area contributed by atoms with E-state index in [0.717, 1.165) is 50.5 Å². The lowest BCUT2D eigenvalue weighted by molar-refractivity contribution is 1.32. The third-order valence-electron chi connectivity index (χ3n) is 10.9. The molecule has 10 rings (SSSR count). The molecule has 4 heteroatoms. The Hall–Kier alpha value is -7.43. The van der Waals surface area contributed by atoms with E-state index in [2.05, 4.69) is 168 Å². The smallest absolute Gasteiger partial charge is 0.110 e. The summed E-state index contributed by atoms with van der Waals surface area (Å²) in [7, 11) is 1.83. The van der Waals surface area contributed by atoms with E-state index >= 15 is 0 Å². The molecule has 8 aromatic carbocycles. The Kier molecular flexibility index (Phi) is 8.34. The molecule has 0 saturated carbocycles. The molecule has 1 aromatic heterocycles. The van der Waals surface area contributed by atoms with E-state index in [1.54, 1.807) is 0 Å². The Morgan fingerprint density at radius 3 is 1.62 bits per heavy atom. The average Bonchev–Trinajstić information content (AvgIpc) is 3.27. The van der Waals surface area contributed by atoms with Gasteiger partial charge in [-0.3, -0.25) is 15.4 Å². The van der Waals surface area contributed by atoms with Gasteiger partial charge >= 0.3 is 0 Å². The molecule has 264 valence electrons. The molecule has 56 heavy (non-hydrogen) atoms. The van der Waals surface area contributed by atoms with Crippen LogP contribution in [-0.4, -0.2) is 23.5 Å². The maximum absolute atomic E-state index is 4.92. The van der Waals surface area contributed by atoms with Gasteiger partial charge in [-0.15, -0.1) is 0 Å². The number of hydrogen-bond donors (Lipinski definition) is 1. The van der Waals surface area contributed by atoms with Crippen LogP contribution in [0.4, 0.5) is 5.69 Å². The molecule has 0 bridgehead atoms. The molecule has 1 heterocycles. The van der Waals surface area contributed by atoms with Crippen LogP contribution in [0.25, 0.3) is 71.3 Å². The van der Waals surface area contributed by atoms with Crippen LogP contribution in [0.5, 0.6) is 0 Å². The van der Waals surface area contributed by atoms with Gasteiger partial charge in [0.25, 0.3) is 0 Å². The second-order valence-electron chi connectivity index (χ2n) is 14.0. The van der Waals surface area contributed by atoms with Gasteiger partial charge in [0, 0.05) is 25.0 Å². The molecule has 4 nitrogen and oxygen atoms in total. The Morgan fingerprint density at radius 2 is 0.946 bits per heavy atom. The first-order valence-corrected chi connectivity index (χ1v) is 18.9. The lowest BCUT2D eigenvalue weighted by Crippen LogP contribution is -2.21. The summed E-state index contributed by atoms with van der Waals surface area (Å²) in [5.41, 5.74) is 17.5. The highest BCUT2D eigenvalue weighted by Crippen LogP contribution is 2.45. The van der Waals surface area contributed by atoms with Gasteiger partial charge in [0.15, 0.2) is 0 Å². The molecular weight excluding hydrogens is 681 g/mol. The monoisotopic (exact) mass is 716 g/mol. The molecule has 1 aliphatic rings. The second-order valence-corrected chi connectivity index (χ2v) is 14.0. The van der Waals surface area contributed by atoms with E-state index in [-0.39, 0.29) is 0 Å². The van der Waals surface area contributed by atoms with Crippen molar-refractivity contribution in [1.82, 2.24) is 4.98 Å². The fourth-order valence-electron chi connectivity index (χ4n) is 8.30. The Labute approximate surface area is 325 Å². The van der Waals surface area contributed by atoms with Crippen molar-refractivity contribution < 1.29 is 0 Å². The minimum absolute atomic E-state index is 0.782. The summed E-state index contributed by atoms with van der Waals surface area (Å²) in [4.78, 5) is 8.86. The van der Waals surface area contributed by atoms with Gasteiger partial charge < -0.3 is 0 Å². The van der Waals surface area contributed by atoms with Crippen molar-refractivity contribution in [2.75, 3.05) is 12.5 Å². The number of allylic oxidation sites excluding steroid dienone is 1. The highest BCUT2D eigenvalue weighted by Gasteiger charge is 2.24. The van der Waals surface area contributed by atoms with E-state index in [1.807, 2.05) is 43.7 Å². The van der Waals surface area contributed by atoms with Gasteiger partial charge in [-0.05, 0) is 113 Å². The number of benzene rings is 8. The molecule has 0 spiro atoms. The lowest BCUT2D eigenvalue weighted by Gasteiger charge is -2.22. The molecule has 0 saturated heterocycles. The lowest BCUT2D eigenvalue weighted by atomic mass is 9.83. The predicted molar refractivity (Wildman–Crippen MR) is 237 cm³/mol. The number of aliphatic imine (C=N–C) groups is 1. The zero-order chi connectivity index (χ0) is 37.4. The minimum atomic E-state index is 0.782. The quantitative estimate of drug-likeness (QED) is 0.138. The number of anilines is 1. The third-order valence-corrected chi connectivity index (χ3v) is 10.9. The normalized spacial score (nSPS) is 14.0.